The van der Waals surface area contributed by atoms with E-state index in [9.17, 15) is 5.11 Å². The van der Waals surface area contributed by atoms with Gasteiger partial charge in [-0.15, -0.1) is 0 Å². The smallest absolute Gasteiger partial charge is 0.0788 e. The average Bonchev–Trinajstić information content (AvgIpc) is 2.02. The molecule has 0 saturated carbocycles. The maximum Gasteiger partial charge on any atom is 0.0788 e. The summed E-state index contributed by atoms with van der Waals surface area (Å²) in [5.74, 6) is 0. The van der Waals surface area contributed by atoms with Gasteiger partial charge in [-0.1, -0.05) is 6.07 Å². The first kappa shape index (κ1) is 11.1. The molecule has 3 nitrogen and oxygen atoms in total. The van der Waals surface area contributed by atoms with E-state index in [1.54, 1.807) is 12.4 Å². The van der Waals surface area contributed by atoms with E-state index in [1.807, 2.05) is 45.0 Å². The Morgan fingerprint density at radius 3 is 2.43 bits per heavy atom. The number of hydrogen-bond donors (Lipinski definition) is 1. The molecule has 0 aromatic carbocycles. The van der Waals surface area contributed by atoms with E-state index < -0.39 is 5.60 Å². The molecule has 0 radical (unpaired) electrons. The maximum absolute atomic E-state index is 10.0. The summed E-state index contributed by atoms with van der Waals surface area (Å²) in [7, 11) is 3.91. The van der Waals surface area contributed by atoms with Crippen molar-refractivity contribution in [3.8, 4) is 0 Å². The van der Waals surface area contributed by atoms with Crippen molar-refractivity contribution in [3.05, 3.63) is 30.1 Å². The van der Waals surface area contributed by atoms with Crippen molar-refractivity contribution in [1.29, 1.82) is 0 Å². The molecule has 1 unspecified atom stereocenters. The Labute approximate surface area is 85.4 Å². The molecule has 0 saturated heterocycles. The third kappa shape index (κ3) is 2.53. The Kier molecular flexibility index (Phi) is 3.24. The van der Waals surface area contributed by atoms with E-state index in [-0.39, 0.29) is 6.04 Å². The Balaban J connectivity index is 3.02. The summed E-state index contributed by atoms with van der Waals surface area (Å²) in [6.45, 7) is 3.62. The molecule has 0 spiro atoms. The first-order valence-electron chi connectivity index (χ1n) is 4.71. The minimum Gasteiger partial charge on any atom is -0.388 e. The van der Waals surface area contributed by atoms with Crippen molar-refractivity contribution in [2.24, 2.45) is 0 Å². The van der Waals surface area contributed by atoms with Gasteiger partial charge in [0.25, 0.3) is 0 Å². The summed E-state index contributed by atoms with van der Waals surface area (Å²) < 4.78 is 0. The van der Waals surface area contributed by atoms with E-state index in [0.29, 0.717) is 0 Å². The molecule has 78 valence electrons. The number of hydrogen-bond acceptors (Lipinski definition) is 3. The number of pyridine rings is 1. The fraction of sp³-hybridized carbons (Fsp3) is 0.545. The van der Waals surface area contributed by atoms with Crippen molar-refractivity contribution in [3.63, 3.8) is 0 Å². The highest BCUT2D eigenvalue weighted by Gasteiger charge is 2.30. The van der Waals surface area contributed by atoms with Gasteiger partial charge in [0.1, 0.15) is 0 Å². The molecule has 1 aromatic heterocycles. The molecule has 0 aliphatic carbocycles. The van der Waals surface area contributed by atoms with Gasteiger partial charge in [0.05, 0.1) is 11.6 Å². The average molecular weight is 194 g/mol. The Morgan fingerprint density at radius 2 is 2.07 bits per heavy atom. The molecule has 0 fully saturated rings. The van der Waals surface area contributed by atoms with Crippen LogP contribution in [0, 0.1) is 0 Å². The van der Waals surface area contributed by atoms with E-state index in [4.69, 9.17) is 0 Å². The van der Waals surface area contributed by atoms with Crippen LogP contribution in [0.1, 0.15) is 25.5 Å². The summed E-state index contributed by atoms with van der Waals surface area (Å²) >= 11 is 0. The zero-order valence-corrected chi connectivity index (χ0v) is 9.23. The number of aromatic nitrogens is 1. The van der Waals surface area contributed by atoms with Crippen LogP contribution in [-0.4, -0.2) is 34.7 Å². The molecule has 0 bridgehead atoms. The van der Waals surface area contributed by atoms with Crippen LogP contribution >= 0.6 is 0 Å². The highest BCUT2D eigenvalue weighted by molar-refractivity contribution is 5.17. The quantitative estimate of drug-likeness (QED) is 0.791. The van der Waals surface area contributed by atoms with Crippen molar-refractivity contribution in [2.45, 2.75) is 25.5 Å². The number of aliphatic hydroxyl groups is 1. The molecule has 0 amide bonds. The Bertz CT molecular complexity index is 277. The molecule has 1 N–H and O–H groups in total. The molecule has 3 heteroatoms. The molecule has 1 aromatic rings. The van der Waals surface area contributed by atoms with E-state index in [2.05, 4.69) is 4.98 Å². The monoisotopic (exact) mass is 194 g/mol. The van der Waals surface area contributed by atoms with Gasteiger partial charge in [-0.25, -0.2) is 0 Å². The van der Waals surface area contributed by atoms with Crippen LogP contribution < -0.4 is 0 Å². The molecular formula is C11H18N2O. The van der Waals surface area contributed by atoms with Gasteiger partial charge in [-0.3, -0.25) is 9.88 Å². The number of rotatable bonds is 3. The lowest BCUT2D eigenvalue weighted by molar-refractivity contribution is -0.00329. The van der Waals surface area contributed by atoms with Crippen LogP contribution in [0.2, 0.25) is 0 Å². The summed E-state index contributed by atoms with van der Waals surface area (Å²) in [5.41, 5.74) is 0.261. The van der Waals surface area contributed by atoms with Gasteiger partial charge in [-0.05, 0) is 39.6 Å². The third-order valence-corrected chi connectivity index (χ3v) is 2.19. The van der Waals surface area contributed by atoms with Crippen molar-refractivity contribution >= 4 is 0 Å². The van der Waals surface area contributed by atoms with Gasteiger partial charge in [0, 0.05) is 12.4 Å². The molecular weight excluding hydrogens is 176 g/mol. The van der Waals surface area contributed by atoms with Crippen LogP contribution in [-0.2, 0) is 0 Å². The number of nitrogens with zero attached hydrogens (tertiary/aromatic N) is 2. The molecule has 0 aliphatic heterocycles. The summed E-state index contributed by atoms with van der Waals surface area (Å²) in [6, 6.07) is 3.84. The third-order valence-electron chi connectivity index (χ3n) is 2.19. The minimum atomic E-state index is -0.771. The largest absolute Gasteiger partial charge is 0.388 e. The van der Waals surface area contributed by atoms with Crippen LogP contribution in [0.15, 0.2) is 24.5 Å². The van der Waals surface area contributed by atoms with E-state index >= 15 is 0 Å². The van der Waals surface area contributed by atoms with Crippen LogP contribution in [0.3, 0.4) is 0 Å². The van der Waals surface area contributed by atoms with Crippen LogP contribution in [0.5, 0.6) is 0 Å². The lowest BCUT2D eigenvalue weighted by Gasteiger charge is -2.34. The van der Waals surface area contributed by atoms with Gasteiger partial charge in [0.2, 0.25) is 0 Å². The lowest BCUT2D eigenvalue weighted by Crippen LogP contribution is -2.38. The second-order valence-electron chi connectivity index (χ2n) is 4.31. The van der Waals surface area contributed by atoms with Gasteiger partial charge < -0.3 is 5.11 Å². The first-order valence-corrected chi connectivity index (χ1v) is 4.71. The zero-order chi connectivity index (χ0) is 10.8. The normalized spacial score (nSPS) is 14.4. The van der Waals surface area contributed by atoms with Crippen molar-refractivity contribution < 1.29 is 5.11 Å². The molecule has 1 atom stereocenters. The summed E-state index contributed by atoms with van der Waals surface area (Å²) in [5, 5.41) is 10.0. The zero-order valence-electron chi connectivity index (χ0n) is 9.23. The summed E-state index contributed by atoms with van der Waals surface area (Å²) in [4.78, 5) is 6.06. The number of likely N-dealkylation sites (N-methyl/N-ethyl adjacent to an activating group) is 1. The molecule has 0 aliphatic rings. The fourth-order valence-corrected chi connectivity index (χ4v) is 1.88. The van der Waals surface area contributed by atoms with Gasteiger partial charge in [0.15, 0.2) is 0 Å². The second kappa shape index (κ2) is 4.07. The second-order valence-corrected chi connectivity index (χ2v) is 4.31. The van der Waals surface area contributed by atoms with Crippen LogP contribution in [0.4, 0.5) is 0 Å². The van der Waals surface area contributed by atoms with Crippen LogP contribution in [0.25, 0.3) is 0 Å². The SMILES string of the molecule is CN(C)C(c1cccnc1)C(C)(C)O. The van der Waals surface area contributed by atoms with Gasteiger partial charge in [-0.2, -0.15) is 0 Å². The minimum absolute atomic E-state index is 0.0313. The maximum atomic E-state index is 10.0. The molecule has 1 rings (SSSR count). The van der Waals surface area contributed by atoms with Gasteiger partial charge >= 0.3 is 0 Å². The van der Waals surface area contributed by atoms with Crippen molar-refractivity contribution in [2.75, 3.05) is 14.1 Å². The highest BCUT2D eigenvalue weighted by atomic mass is 16.3. The molecule has 14 heavy (non-hydrogen) atoms. The Hall–Kier alpha value is -0.930. The predicted octanol–water partition coefficient (Wildman–Crippen LogP) is 1.46. The van der Waals surface area contributed by atoms with Crippen molar-refractivity contribution in [1.82, 2.24) is 9.88 Å². The fourth-order valence-electron chi connectivity index (χ4n) is 1.88. The summed E-state index contributed by atoms with van der Waals surface area (Å²) in [6.07, 6.45) is 3.53. The lowest BCUT2D eigenvalue weighted by atomic mass is 9.92. The van der Waals surface area contributed by atoms with E-state index in [1.165, 1.54) is 0 Å². The predicted molar refractivity (Wildman–Crippen MR) is 57.0 cm³/mol. The van der Waals surface area contributed by atoms with E-state index in [0.717, 1.165) is 5.56 Å². The molecule has 1 heterocycles. The first-order chi connectivity index (χ1) is 6.43. The topological polar surface area (TPSA) is 36.4 Å². The highest BCUT2D eigenvalue weighted by Crippen LogP contribution is 2.28. The Morgan fingerprint density at radius 1 is 1.43 bits per heavy atom. The standard InChI is InChI=1S/C11H18N2O/c1-11(2,14)10(13(3)4)9-6-5-7-12-8-9/h5-8,10,14H,1-4H3.